The summed E-state index contributed by atoms with van der Waals surface area (Å²) in [6.45, 7) is 6.04. The van der Waals surface area contributed by atoms with Crippen molar-refractivity contribution in [1.82, 2.24) is 19.9 Å². The molecule has 1 aliphatic carbocycles. The van der Waals surface area contributed by atoms with Crippen molar-refractivity contribution < 1.29 is 17.9 Å². The van der Waals surface area contributed by atoms with Crippen LogP contribution in [0.3, 0.4) is 0 Å². The lowest BCUT2D eigenvalue weighted by molar-refractivity contribution is -0.126. The minimum absolute atomic E-state index is 0.0681. The van der Waals surface area contributed by atoms with E-state index < -0.39 is 15.3 Å². The van der Waals surface area contributed by atoms with E-state index in [2.05, 4.69) is 31.2 Å². The first kappa shape index (κ1) is 25.9. The van der Waals surface area contributed by atoms with E-state index in [-0.39, 0.29) is 11.8 Å². The maximum atomic E-state index is 13.1. The molecule has 0 radical (unpaired) electrons. The highest BCUT2D eigenvalue weighted by atomic mass is 32.2. The zero-order valence-electron chi connectivity index (χ0n) is 21.5. The predicted molar refractivity (Wildman–Crippen MR) is 148 cm³/mol. The van der Waals surface area contributed by atoms with Crippen LogP contribution in [-0.2, 0) is 14.8 Å². The van der Waals surface area contributed by atoms with Crippen molar-refractivity contribution in [3.05, 3.63) is 49.4 Å². The van der Waals surface area contributed by atoms with E-state index in [0.717, 1.165) is 47.1 Å². The van der Waals surface area contributed by atoms with Crippen LogP contribution < -0.4 is 14.4 Å². The number of hydrogen-bond acceptors (Lipinski definition) is 8. The van der Waals surface area contributed by atoms with E-state index in [0.29, 0.717) is 44.7 Å². The second-order valence-electron chi connectivity index (χ2n) is 9.63. The summed E-state index contributed by atoms with van der Waals surface area (Å²) in [6.07, 6.45) is 8.79. The standard InChI is InChI=1S/C27H32N6O4S/c1-3-25(34)32-11-13-33(14-12-32)26-22-15-19(9-10-23(22)29-18-30-26)20-16-24(27(37-2)28-17-20)31-38(35,36)21-7-5-4-6-8-21/h3,9-10,15-18,21,31H,1,4-8,11-14H2,2H3. The zero-order chi connectivity index (χ0) is 26.7. The van der Waals surface area contributed by atoms with Crippen molar-refractivity contribution >= 4 is 38.3 Å². The fraction of sp³-hybridized carbons (Fsp3) is 0.407. The van der Waals surface area contributed by atoms with Crippen molar-refractivity contribution in [3.63, 3.8) is 0 Å². The van der Waals surface area contributed by atoms with Gasteiger partial charge in [-0.1, -0.05) is 31.9 Å². The van der Waals surface area contributed by atoms with Crippen molar-refractivity contribution in [1.29, 1.82) is 0 Å². The van der Waals surface area contributed by atoms with Crippen LogP contribution in [0.2, 0.25) is 0 Å². The minimum atomic E-state index is -3.57. The van der Waals surface area contributed by atoms with Gasteiger partial charge in [0.1, 0.15) is 17.8 Å². The second kappa shape index (κ2) is 10.9. The molecule has 3 heterocycles. The third-order valence-corrected chi connectivity index (χ3v) is 9.15. The van der Waals surface area contributed by atoms with E-state index in [4.69, 9.17) is 4.74 Å². The molecular weight excluding hydrogens is 504 g/mol. The number of anilines is 2. The molecule has 5 rings (SSSR count). The SMILES string of the molecule is C=CC(=O)N1CCN(c2ncnc3ccc(-c4cnc(OC)c(NS(=O)(=O)C5CCCCC5)c4)cc23)CC1. The third-order valence-electron chi connectivity index (χ3n) is 7.30. The molecule has 0 spiro atoms. The Morgan fingerprint density at radius 1 is 1.05 bits per heavy atom. The lowest BCUT2D eigenvalue weighted by Crippen LogP contribution is -2.48. The third kappa shape index (κ3) is 5.28. The number of amides is 1. The van der Waals surface area contributed by atoms with Gasteiger partial charge < -0.3 is 14.5 Å². The first-order valence-electron chi connectivity index (χ1n) is 12.9. The van der Waals surface area contributed by atoms with Gasteiger partial charge in [0.2, 0.25) is 21.8 Å². The van der Waals surface area contributed by atoms with Crippen LogP contribution in [0.5, 0.6) is 5.88 Å². The number of nitrogens with one attached hydrogen (secondary N) is 1. The van der Waals surface area contributed by atoms with Crippen molar-refractivity contribution in [2.24, 2.45) is 0 Å². The number of fused-ring (bicyclic) bond motifs is 1. The number of carbonyl (C=O) groups excluding carboxylic acids is 1. The smallest absolute Gasteiger partial charge is 0.246 e. The van der Waals surface area contributed by atoms with Gasteiger partial charge in [0.25, 0.3) is 0 Å². The van der Waals surface area contributed by atoms with Gasteiger partial charge in [-0.25, -0.2) is 23.4 Å². The number of ether oxygens (including phenoxy) is 1. The molecule has 1 amide bonds. The lowest BCUT2D eigenvalue weighted by atomic mass is 10.0. The summed E-state index contributed by atoms with van der Waals surface area (Å²) in [5.74, 6) is 0.952. The molecule has 2 aliphatic rings. The summed E-state index contributed by atoms with van der Waals surface area (Å²) in [5, 5.41) is 0.459. The van der Waals surface area contributed by atoms with Crippen LogP contribution in [0, 0.1) is 0 Å². The molecule has 0 bridgehead atoms. The molecule has 200 valence electrons. The van der Waals surface area contributed by atoms with Gasteiger partial charge in [0, 0.05) is 43.3 Å². The number of nitrogens with zero attached hydrogens (tertiary/aromatic N) is 5. The summed E-state index contributed by atoms with van der Waals surface area (Å²) in [7, 11) is -2.09. The molecule has 1 aromatic carbocycles. The Morgan fingerprint density at radius 2 is 1.82 bits per heavy atom. The normalized spacial score (nSPS) is 16.9. The molecule has 2 aromatic heterocycles. The van der Waals surface area contributed by atoms with Crippen LogP contribution in [0.1, 0.15) is 32.1 Å². The molecular formula is C27H32N6O4S. The molecule has 0 atom stereocenters. The number of aromatic nitrogens is 3. The van der Waals surface area contributed by atoms with Gasteiger partial charge in [-0.15, -0.1) is 0 Å². The average molecular weight is 537 g/mol. The number of carbonyl (C=O) groups is 1. The summed E-state index contributed by atoms with van der Waals surface area (Å²) >= 11 is 0. The maximum absolute atomic E-state index is 13.1. The van der Waals surface area contributed by atoms with Gasteiger partial charge in [0.15, 0.2) is 0 Å². The Hall–Kier alpha value is -3.73. The summed E-state index contributed by atoms with van der Waals surface area (Å²) < 4.78 is 34.3. The number of pyridine rings is 1. The predicted octanol–water partition coefficient (Wildman–Crippen LogP) is 3.61. The molecule has 3 aromatic rings. The molecule has 0 unspecified atom stereocenters. The molecule has 10 nitrogen and oxygen atoms in total. The van der Waals surface area contributed by atoms with E-state index in [9.17, 15) is 13.2 Å². The van der Waals surface area contributed by atoms with Crippen molar-refractivity contribution in [2.45, 2.75) is 37.4 Å². The Kier molecular flexibility index (Phi) is 7.46. The van der Waals surface area contributed by atoms with Crippen LogP contribution in [-0.4, -0.2) is 72.7 Å². The summed E-state index contributed by atoms with van der Waals surface area (Å²) in [6, 6.07) is 7.61. The number of benzene rings is 1. The first-order valence-corrected chi connectivity index (χ1v) is 14.4. The monoisotopic (exact) mass is 536 g/mol. The molecule has 1 aliphatic heterocycles. The van der Waals surface area contributed by atoms with Crippen LogP contribution >= 0.6 is 0 Å². The Bertz CT molecular complexity index is 1450. The van der Waals surface area contributed by atoms with E-state index in [1.165, 1.54) is 13.2 Å². The van der Waals surface area contributed by atoms with Crippen LogP contribution in [0.25, 0.3) is 22.0 Å². The number of sulfonamides is 1. The van der Waals surface area contributed by atoms with Crippen molar-refractivity contribution in [3.8, 4) is 17.0 Å². The Labute approximate surface area is 222 Å². The lowest BCUT2D eigenvalue weighted by Gasteiger charge is -2.35. The summed E-state index contributed by atoms with van der Waals surface area (Å²) in [5.41, 5.74) is 2.71. The maximum Gasteiger partial charge on any atom is 0.246 e. The highest BCUT2D eigenvalue weighted by Gasteiger charge is 2.28. The fourth-order valence-electron chi connectivity index (χ4n) is 5.20. The van der Waals surface area contributed by atoms with E-state index in [1.807, 2.05) is 18.2 Å². The number of methoxy groups -OCH3 is 1. The molecule has 1 saturated carbocycles. The molecule has 1 saturated heterocycles. The molecule has 2 fully saturated rings. The summed E-state index contributed by atoms with van der Waals surface area (Å²) in [4.78, 5) is 29.3. The zero-order valence-corrected chi connectivity index (χ0v) is 22.3. The highest BCUT2D eigenvalue weighted by Crippen LogP contribution is 2.34. The number of hydrogen-bond donors (Lipinski definition) is 1. The van der Waals surface area contributed by atoms with Gasteiger partial charge >= 0.3 is 0 Å². The molecule has 1 N–H and O–H groups in total. The van der Waals surface area contributed by atoms with Gasteiger partial charge in [0.05, 0.1) is 17.9 Å². The van der Waals surface area contributed by atoms with Crippen molar-refractivity contribution in [2.75, 3.05) is 42.9 Å². The van der Waals surface area contributed by atoms with Crippen LogP contribution in [0.15, 0.2) is 49.4 Å². The van der Waals surface area contributed by atoms with Gasteiger partial charge in [-0.05, 0) is 42.7 Å². The fourth-order valence-corrected chi connectivity index (χ4v) is 6.77. The van der Waals surface area contributed by atoms with Gasteiger partial charge in [-0.2, -0.15) is 0 Å². The number of rotatable bonds is 7. The average Bonchev–Trinajstić information content (AvgIpc) is 2.96. The molecule has 11 heteroatoms. The second-order valence-corrected chi connectivity index (χ2v) is 11.6. The molecule has 38 heavy (non-hydrogen) atoms. The largest absolute Gasteiger partial charge is 0.480 e. The quantitative estimate of drug-likeness (QED) is 0.455. The topological polar surface area (TPSA) is 118 Å². The Morgan fingerprint density at radius 3 is 2.53 bits per heavy atom. The van der Waals surface area contributed by atoms with Gasteiger partial charge in [-0.3, -0.25) is 9.52 Å². The first-order chi connectivity index (χ1) is 18.4. The van der Waals surface area contributed by atoms with Crippen LogP contribution in [0.4, 0.5) is 11.5 Å². The minimum Gasteiger partial charge on any atom is -0.480 e. The number of piperazine rings is 1. The highest BCUT2D eigenvalue weighted by molar-refractivity contribution is 7.93. The van der Waals surface area contributed by atoms with E-state index in [1.54, 1.807) is 23.5 Å². The van der Waals surface area contributed by atoms with E-state index >= 15 is 0 Å². The Balaban J connectivity index is 1.45.